The highest BCUT2D eigenvalue weighted by atomic mass is 16.5. The van der Waals surface area contributed by atoms with E-state index < -0.39 is 0 Å². The lowest BCUT2D eigenvalue weighted by atomic mass is 9.97. The van der Waals surface area contributed by atoms with Gasteiger partial charge in [0.1, 0.15) is 0 Å². The molecule has 2 aliphatic rings. The van der Waals surface area contributed by atoms with Crippen LogP contribution in [0.4, 0.5) is 4.79 Å². The van der Waals surface area contributed by atoms with Crippen LogP contribution in [-0.2, 0) is 9.47 Å². The first-order valence-electron chi connectivity index (χ1n) is 7.04. The molecular formula is C13H24N2O3. The molecule has 0 unspecified atom stereocenters. The van der Waals surface area contributed by atoms with Gasteiger partial charge in [-0.15, -0.1) is 0 Å². The number of nitrogens with one attached hydrogen (secondary N) is 2. The summed E-state index contributed by atoms with van der Waals surface area (Å²) >= 11 is 0. The number of urea groups is 1. The number of amides is 2. The van der Waals surface area contributed by atoms with E-state index in [-0.39, 0.29) is 12.1 Å². The molecule has 0 aromatic heterocycles. The van der Waals surface area contributed by atoms with E-state index >= 15 is 0 Å². The first kappa shape index (κ1) is 13.6. The van der Waals surface area contributed by atoms with Crippen LogP contribution in [-0.4, -0.2) is 45.0 Å². The van der Waals surface area contributed by atoms with Crippen LogP contribution >= 0.6 is 0 Å². The third-order valence-electron chi connectivity index (χ3n) is 3.74. The topological polar surface area (TPSA) is 59.6 Å². The van der Waals surface area contributed by atoms with Gasteiger partial charge in [0.25, 0.3) is 0 Å². The molecule has 2 N–H and O–H groups in total. The van der Waals surface area contributed by atoms with E-state index in [0.29, 0.717) is 5.92 Å². The Hall–Kier alpha value is -0.810. The molecule has 2 aliphatic heterocycles. The molecule has 0 aromatic carbocycles. The average molecular weight is 256 g/mol. The van der Waals surface area contributed by atoms with Crippen LogP contribution in [0.15, 0.2) is 0 Å². The molecule has 18 heavy (non-hydrogen) atoms. The van der Waals surface area contributed by atoms with E-state index in [0.717, 1.165) is 65.1 Å². The maximum atomic E-state index is 11.7. The van der Waals surface area contributed by atoms with E-state index in [1.807, 2.05) is 0 Å². The summed E-state index contributed by atoms with van der Waals surface area (Å²) in [4.78, 5) is 11.7. The van der Waals surface area contributed by atoms with Crippen molar-refractivity contribution < 1.29 is 14.3 Å². The molecule has 2 rings (SSSR count). The standard InChI is InChI=1S/C13H24N2O3/c16-13(15-12-4-9-18-10-5-12)14-6-1-11-2-7-17-8-3-11/h11-12H,1-10H2,(H2,14,15,16). The zero-order chi connectivity index (χ0) is 12.6. The highest BCUT2D eigenvalue weighted by Gasteiger charge is 2.16. The zero-order valence-corrected chi connectivity index (χ0v) is 11.0. The summed E-state index contributed by atoms with van der Waals surface area (Å²) in [5.41, 5.74) is 0. The summed E-state index contributed by atoms with van der Waals surface area (Å²) in [7, 11) is 0. The second kappa shape index (κ2) is 7.59. The van der Waals surface area contributed by atoms with Gasteiger partial charge in [0.05, 0.1) is 0 Å². The van der Waals surface area contributed by atoms with Crippen molar-refractivity contribution in [2.75, 3.05) is 33.0 Å². The molecule has 0 saturated carbocycles. The Kier molecular flexibility index (Phi) is 5.74. The maximum absolute atomic E-state index is 11.7. The van der Waals surface area contributed by atoms with Crippen molar-refractivity contribution in [2.45, 2.75) is 38.1 Å². The summed E-state index contributed by atoms with van der Waals surface area (Å²) in [6.45, 7) is 4.03. The normalized spacial score (nSPS) is 22.7. The van der Waals surface area contributed by atoms with Crippen molar-refractivity contribution in [3.8, 4) is 0 Å². The number of hydrogen-bond acceptors (Lipinski definition) is 3. The van der Waals surface area contributed by atoms with Crippen LogP contribution in [0.2, 0.25) is 0 Å². The van der Waals surface area contributed by atoms with Gasteiger partial charge in [0.15, 0.2) is 0 Å². The van der Waals surface area contributed by atoms with Gasteiger partial charge >= 0.3 is 6.03 Å². The minimum Gasteiger partial charge on any atom is -0.381 e. The third-order valence-corrected chi connectivity index (χ3v) is 3.74. The molecule has 2 fully saturated rings. The highest BCUT2D eigenvalue weighted by Crippen LogP contribution is 2.17. The van der Waals surface area contributed by atoms with Crippen molar-refractivity contribution in [3.63, 3.8) is 0 Å². The van der Waals surface area contributed by atoms with Crippen LogP contribution in [0.5, 0.6) is 0 Å². The molecule has 0 spiro atoms. The molecule has 2 amide bonds. The van der Waals surface area contributed by atoms with Gasteiger partial charge < -0.3 is 20.1 Å². The first-order chi connectivity index (χ1) is 8.84. The lowest BCUT2D eigenvalue weighted by Crippen LogP contribution is -2.45. The van der Waals surface area contributed by atoms with Crippen LogP contribution in [0.3, 0.4) is 0 Å². The molecule has 104 valence electrons. The molecule has 0 aliphatic carbocycles. The van der Waals surface area contributed by atoms with Gasteiger partial charge in [0.2, 0.25) is 0 Å². The maximum Gasteiger partial charge on any atom is 0.315 e. The monoisotopic (exact) mass is 256 g/mol. The number of carbonyl (C=O) groups is 1. The molecule has 0 atom stereocenters. The van der Waals surface area contributed by atoms with Crippen molar-refractivity contribution in [1.29, 1.82) is 0 Å². The fourth-order valence-electron chi connectivity index (χ4n) is 2.50. The number of carbonyl (C=O) groups excluding carboxylic acids is 1. The second-order valence-corrected chi connectivity index (χ2v) is 5.13. The fourth-order valence-corrected chi connectivity index (χ4v) is 2.50. The van der Waals surface area contributed by atoms with Crippen molar-refractivity contribution in [1.82, 2.24) is 10.6 Å². The third kappa shape index (κ3) is 4.82. The van der Waals surface area contributed by atoms with Gasteiger partial charge in [0, 0.05) is 39.0 Å². The van der Waals surface area contributed by atoms with E-state index in [1.165, 1.54) is 0 Å². The Bertz CT molecular complexity index is 249. The highest BCUT2D eigenvalue weighted by molar-refractivity contribution is 5.74. The first-order valence-corrected chi connectivity index (χ1v) is 7.04. The van der Waals surface area contributed by atoms with Crippen LogP contribution in [0.1, 0.15) is 32.1 Å². The lowest BCUT2D eigenvalue weighted by Gasteiger charge is -2.24. The van der Waals surface area contributed by atoms with Crippen molar-refractivity contribution >= 4 is 6.03 Å². The number of ether oxygens (including phenoxy) is 2. The Morgan fingerprint density at radius 3 is 2.28 bits per heavy atom. The molecule has 5 nitrogen and oxygen atoms in total. The Morgan fingerprint density at radius 2 is 1.61 bits per heavy atom. The van der Waals surface area contributed by atoms with E-state index in [1.54, 1.807) is 0 Å². The van der Waals surface area contributed by atoms with E-state index in [2.05, 4.69) is 10.6 Å². The minimum atomic E-state index is -0.0334. The summed E-state index contributed by atoms with van der Waals surface area (Å²) in [5, 5.41) is 5.95. The summed E-state index contributed by atoms with van der Waals surface area (Å²) in [5.74, 6) is 0.710. The minimum absolute atomic E-state index is 0.0334. The van der Waals surface area contributed by atoms with Gasteiger partial charge in [-0.3, -0.25) is 0 Å². The largest absolute Gasteiger partial charge is 0.381 e. The Labute approximate surface area is 109 Å². The molecule has 0 radical (unpaired) electrons. The van der Waals surface area contributed by atoms with Crippen molar-refractivity contribution in [2.24, 2.45) is 5.92 Å². The molecule has 0 bridgehead atoms. The molecule has 2 heterocycles. The predicted octanol–water partition coefficient (Wildman–Crippen LogP) is 1.28. The van der Waals surface area contributed by atoms with Gasteiger partial charge in [-0.05, 0) is 38.0 Å². The van der Waals surface area contributed by atoms with Crippen LogP contribution in [0, 0.1) is 5.92 Å². The van der Waals surface area contributed by atoms with Crippen LogP contribution in [0.25, 0.3) is 0 Å². The van der Waals surface area contributed by atoms with E-state index in [4.69, 9.17) is 9.47 Å². The molecule has 5 heteroatoms. The number of rotatable bonds is 4. The summed E-state index contributed by atoms with van der Waals surface area (Å²) < 4.78 is 10.6. The predicted molar refractivity (Wildman–Crippen MR) is 68.5 cm³/mol. The Morgan fingerprint density at radius 1 is 1.00 bits per heavy atom. The fraction of sp³-hybridized carbons (Fsp3) is 0.923. The quantitative estimate of drug-likeness (QED) is 0.796. The summed E-state index contributed by atoms with van der Waals surface area (Å²) in [6.07, 6.45) is 5.16. The van der Waals surface area contributed by atoms with Gasteiger partial charge in [-0.1, -0.05) is 0 Å². The lowest BCUT2D eigenvalue weighted by molar-refractivity contribution is 0.0641. The van der Waals surface area contributed by atoms with Crippen molar-refractivity contribution in [3.05, 3.63) is 0 Å². The van der Waals surface area contributed by atoms with Gasteiger partial charge in [-0.2, -0.15) is 0 Å². The smallest absolute Gasteiger partial charge is 0.315 e. The molecule has 0 aromatic rings. The van der Waals surface area contributed by atoms with Gasteiger partial charge in [-0.25, -0.2) is 4.79 Å². The average Bonchev–Trinajstić information content (AvgIpc) is 2.41. The Balaban J connectivity index is 1.53. The van der Waals surface area contributed by atoms with Crippen LogP contribution < -0.4 is 10.6 Å². The number of hydrogen-bond donors (Lipinski definition) is 2. The molecule has 2 saturated heterocycles. The molecular weight excluding hydrogens is 232 g/mol. The SMILES string of the molecule is O=C(NCCC1CCOCC1)NC1CCOCC1. The second-order valence-electron chi connectivity index (χ2n) is 5.13. The van der Waals surface area contributed by atoms with E-state index in [9.17, 15) is 4.79 Å². The zero-order valence-electron chi connectivity index (χ0n) is 11.0. The summed E-state index contributed by atoms with van der Waals surface area (Å²) in [6, 6.07) is 0.246.